The second kappa shape index (κ2) is 5.78. The fraction of sp³-hybridized carbons (Fsp3) is 0.571. The van der Waals surface area contributed by atoms with Gasteiger partial charge in [0.2, 0.25) is 0 Å². The molecule has 0 saturated heterocycles. The van der Waals surface area contributed by atoms with E-state index in [1.807, 2.05) is 12.3 Å². The van der Waals surface area contributed by atoms with Gasteiger partial charge in [0, 0.05) is 24.7 Å². The number of rotatable bonds is 5. The van der Waals surface area contributed by atoms with Gasteiger partial charge in [-0.3, -0.25) is 9.78 Å². The van der Waals surface area contributed by atoms with E-state index >= 15 is 0 Å². The maximum absolute atomic E-state index is 11.8. The lowest BCUT2D eigenvalue weighted by Crippen LogP contribution is -2.10. The quantitative estimate of drug-likeness (QED) is 0.758. The Hall–Kier alpha value is -1.18. The van der Waals surface area contributed by atoms with Crippen molar-refractivity contribution in [3.05, 3.63) is 30.1 Å². The minimum atomic E-state index is 0.383. The van der Waals surface area contributed by atoms with Gasteiger partial charge in [0.15, 0.2) is 0 Å². The Morgan fingerprint density at radius 2 is 2.19 bits per heavy atom. The molecule has 0 radical (unpaired) electrons. The van der Waals surface area contributed by atoms with E-state index in [0.29, 0.717) is 11.7 Å². The normalized spacial score (nSPS) is 16.5. The molecule has 1 aromatic rings. The van der Waals surface area contributed by atoms with Crippen molar-refractivity contribution >= 4 is 5.78 Å². The fourth-order valence-electron chi connectivity index (χ4n) is 2.46. The van der Waals surface area contributed by atoms with Gasteiger partial charge in [0.25, 0.3) is 0 Å². The van der Waals surface area contributed by atoms with Crippen molar-refractivity contribution in [3.8, 4) is 0 Å². The smallest absolute Gasteiger partial charge is 0.135 e. The molecule has 0 aliphatic heterocycles. The van der Waals surface area contributed by atoms with Gasteiger partial charge in [-0.25, -0.2) is 0 Å². The first-order valence-corrected chi connectivity index (χ1v) is 6.28. The molecule has 1 aliphatic carbocycles. The molecule has 1 aromatic heterocycles. The van der Waals surface area contributed by atoms with Crippen LogP contribution in [0.25, 0.3) is 0 Å². The van der Waals surface area contributed by atoms with Crippen LogP contribution in [-0.4, -0.2) is 10.8 Å². The van der Waals surface area contributed by atoms with Gasteiger partial charge in [-0.15, -0.1) is 0 Å². The van der Waals surface area contributed by atoms with Gasteiger partial charge in [0.05, 0.1) is 0 Å². The molecule has 1 aliphatic rings. The lowest BCUT2D eigenvalue weighted by atomic mass is 9.97. The van der Waals surface area contributed by atoms with E-state index in [1.165, 1.54) is 18.4 Å². The Morgan fingerprint density at radius 3 is 2.88 bits per heavy atom. The van der Waals surface area contributed by atoms with Crippen LogP contribution < -0.4 is 0 Å². The van der Waals surface area contributed by atoms with Crippen LogP contribution in [-0.2, 0) is 11.2 Å². The second-order valence-corrected chi connectivity index (χ2v) is 4.66. The molecular formula is C14H19NO. The third kappa shape index (κ3) is 3.16. The summed E-state index contributed by atoms with van der Waals surface area (Å²) < 4.78 is 0. The third-order valence-electron chi connectivity index (χ3n) is 3.42. The molecular weight excluding hydrogens is 198 g/mol. The van der Waals surface area contributed by atoms with Gasteiger partial charge in [-0.05, 0) is 37.3 Å². The summed E-state index contributed by atoms with van der Waals surface area (Å²) in [6.45, 7) is 0. The third-order valence-corrected chi connectivity index (χ3v) is 3.42. The Bertz CT molecular complexity index is 328. The topological polar surface area (TPSA) is 30.0 Å². The fourth-order valence-corrected chi connectivity index (χ4v) is 2.46. The highest BCUT2D eigenvalue weighted by Gasteiger charge is 2.21. The van der Waals surface area contributed by atoms with Crippen LogP contribution in [0.5, 0.6) is 0 Å². The summed E-state index contributed by atoms with van der Waals surface area (Å²) in [5.74, 6) is 0.871. The van der Waals surface area contributed by atoms with Crippen molar-refractivity contribution in [3.63, 3.8) is 0 Å². The summed E-state index contributed by atoms with van der Waals surface area (Å²) in [6.07, 6.45) is 11.1. The van der Waals surface area contributed by atoms with Crippen LogP contribution in [0.15, 0.2) is 24.5 Å². The number of nitrogens with zero attached hydrogens (tertiary/aromatic N) is 1. The molecule has 0 spiro atoms. The average molecular weight is 217 g/mol. The zero-order chi connectivity index (χ0) is 11.2. The zero-order valence-corrected chi connectivity index (χ0v) is 9.69. The van der Waals surface area contributed by atoms with Gasteiger partial charge in [-0.2, -0.15) is 0 Å². The van der Waals surface area contributed by atoms with Crippen LogP contribution in [0.2, 0.25) is 0 Å². The zero-order valence-electron chi connectivity index (χ0n) is 9.69. The van der Waals surface area contributed by atoms with Crippen LogP contribution >= 0.6 is 0 Å². The SMILES string of the molecule is O=C(CCCc1cccnc1)C1CCCC1. The maximum Gasteiger partial charge on any atom is 0.135 e. The highest BCUT2D eigenvalue weighted by atomic mass is 16.1. The molecule has 2 nitrogen and oxygen atoms in total. The van der Waals surface area contributed by atoms with Crippen molar-refractivity contribution in [1.82, 2.24) is 4.98 Å². The molecule has 2 heteroatoms. The first-order valence-electron chi connectivity index (χ1n) is 6.28. The molecule has 1 heterocycles. The highest BCUT2D eigenvalue weighted by Crippen LogP contribution is 2.26. The molecule has 0 N–H and O–H groups in total. The lowest BCUT2D eigenvalue weighted by Gasteiger charge is -2.07. The second-order valence-electron chi connectivity index (χ2n) is 4.66. The molecule has 16 heavy (non-hydrogen) atoms. The Morgan fingerprint density at radius 1 is 1.38 bits per heavy atom. The van der Waals surface area contributed by atoms with Gasteiger partial charge in [0.1, 0.15) is 5.78 Å². The number of aryl methyl sites for hydroxylation is 1. The number of aromatic nitrogens is 1. The van der Waals surface area contributed by atoms with Crippen molar-refractivity contribution < 1.29 is 4.79 Å². The van der Waals surface area contributed by atoms with Gasteiger partial charge < -0.3 is 0 Å². The number of carbonyl (C=O) groups excluding carboxylic acids is 1. The van der Waals surface area contributed by atoms with Crippen molar-refractivity contribution in [2.75, 3.05) is 0 Å². The highest BCUT2D eigenvalue weighted by molar-refractivity contribution is 5.81. The van der Waals surface area contributed by atoms with Crippen LogP contribution in [0, 0.1) is 5.92 Å². The van der Waals surface area contributed by atoms with Crippen LogP contribution in [0.1, 0.15) is 44.1 Å². The number of pyridine rings is 1. The van der Waals surface area contributed by atoms with E-state index in [9.17, 15) is 4.79 Å². The van der Waals surface area contributed by atoms with Crippen molar-refractivity contribution in [2.45, 2.75) is 44.9 Å². The van der Waals surface area contributed by atoms with Crippen LogP contribution in [0.3, 0.4) is 0 Å². The first-order chi connectivity index (χ1) is 7.86. The summed E-state index contributed by atoms with van der Waals surface area (Å²) in [7, 11) is 0. The molecule has 2 rings (SSSR count). The molecule has 86 valence electrons. The van der Waals surface area contributed by atoms with E-state index in [4.69, 9.17) is 0 Å². The standard InChI is InChI=1S/C14H19NO/c16-14(13-7-1-2-8-13)9-3-5-12-6-4-10-15-11-12/h4,6,10-11,13H,1-3,5,7-9H2. The molecule has 1 saturated carbocycles. The molecule has 0 amide bonds. The van der Waals surface area contributed by atoms with Crippen molar-refractivity contribution in [1.29, 1.82) is 0 Å². The average Bonchev–Trinajstić information content (AvgIpc) is 2.84. The van der Waals surface area contributed by atoms with E-state index in [2.05, 4.69) is 11.1 Å². The number of Topliss-reactive ketones (excluding diaryl/α,β-unsaturated/α-hetero) is 1. The number of hydrogen-bond acceptors (Lipinski definition) is 2. The Labute approximate surface area is 97.1 Å². The molecule has 0 atom stereocenters. The van der Waals surface area contributed by atoms with Gasteiger partial charge >= 0.3 is 0 Å². The molecule has 0 bridgehead atoms. The summed E-state index contributed by atoms with van der Waals surface area (Å²) in [5, 5.41) is 0. The lowest BCUT2D eigenvalue weighted by molar-refractivity contribution is -0.122. The predicted molar refractivity (Wildman–Crippen MR) is 64.1 cm³/mol. The Balaban J connectivity index is 1.70. The van der Waals surface area contributed by atoms with Crippen LogP contribution in [0.4, 0.5) is 0 Å². The maximum atomic E-state index is 11.8. The molecule has 0 unspecified atom stereocenters. The summed E-state index contributed by atoms with van der Waals surface area (Å²) in [4.78, 5) is 15.9. The first kappa shape index (κ1) is 11.3. The molecule has 0 aromatic carbocycles. The largest absolute Gasteiger partial charge is 0.299 e. The summed E-state index contributed by atoms with van der Waals surface area (Å²) >= 11 is 0. The Kier molecular flexibility index (Phi) is 4.09. The van der Waals surface area contributed by atoms with E-state index < -0.39 is 0 Å². The minimum absolute atomic E-state index is 0.383. The minimum Gasteiger partial charge on any atom is -0.299 e. The molecule has 1 fully saturated rings. The predicted octanol–water partition coefficient (Wildman–Crippen LogP) is 3.16. The number of ketones is 1. The van der Waals surface area contributed by atoms with E-state index in [1.54, 1.807) is 6.20 Å². The van der Waals surface area contributed by atoms with Gasteiger partial charge in [-0.1, -0.05) is 18.9 Å². The monoisotopic (exact) mass is 217 g/mol. The number of hydrogen-bond donors (Lipinski definition) is 0. The van der Waals surface area contributed by atoms with E-state index in [0.717, 1.165) is 32.1 Å². The number of carbonyl (C=O) groups is 1. The van der Waals surface area contributed by atoms with E-state index in [-0.39, 0.29) is 0 Å². The summed E-state index contributed by atoms with van der Waals surface area (Å²) in [5.41, 5.74) is 1.24. The summed E-state index contributed by atoms with van der Waals surface area (Å²) in [6, 6.07) is 4.03. The van der Waals surface area contributed by atoms with Crippen molar-refractivity contribution in [2.24, 2.45) is 5.92 Å².